The van der Waals surface area contributed by atoms with Gasteiger partial charge in [-0.3, -0.25) is 4.79 Å². The first-order valence-electron chi connectivity index (χ1n) is 10.6. The number of rotatable bonds is 6. The fourth-order valence-electron chi connectivity index (χ4n) is 3.80. The summed E-state index contributed by atoms with van der Waals surface area (Å²) in [5.74, 6) is 0.233. The first-order chi connectivity index (χ1) is 14.2. The summed E-state index contributed by atoms with van der Waals surface area (Å²) in [7, 11) is 0. The number of carboxylic acid groups (broad SMARTS) is 1. The Kier molecular flexibility index (Phi) is 6.49. The second kappa shape index (κ2) is 8.90. The third-order valence-corrected chi connectivity index (χ3v) is 5.75. The average molecular weight is 410 g/mol. The summed E-state index contributed by atoms with van der Waals surface area (Å²) < 4.78 is 5.69. The molecule has 1 heterocycles. The van der Waals surface area contributed by atoms with Crippen LogP contribution in [0, 0.1) is 0 Å². The molecule has 0 saturated carbocycles. The molecule has 0 spiro atoms. The average Bonchev–Trinajstić information content (AvgIpc) is 2.73. The molecule has 2 aromatic rings. The van der Waals surface area contributed by atoms with E-state index in [-0.39, 0.29) is 11.8 Å². The first-order valence-corrected chi connectivity index (χ1v) is 10.6. The summed E-state index contributed by atoms with van der Waals surface area (Å²) in [4.78, 5) is 26.3. The number of ether oxygens (including phenoxy) is 1. The summed E-state index contributed by atoms with van der Waals surface area (Å²) >= 11 is 0. The lowest BCUT2D eigenvalue weighted by Crippen LogP contribution is -2.39. The third kappa shape index (κ3) is 5.02. The zero-order chi connectivity index (χ0) is 21.9. The van der Waals surface area contributed by atoms with E-state index in [1.54, 1.807) is 6.07 Å². The summed E-state index contributed by atoms with van der Waals surface area (Å²) in [6.07, 6.45) is 1.92. The fourth-order valence-corrected chi connectivity index (χ4v) is 3.80. The van der Waals surface area contributed by atoms with Crippen molar-refractivity contribution in [1.82, 2.24) is 4.90 Å². The largest absolute Gasteiger partial charge is 0.478 e. The molecule has 1 fully saturated rings. The second-order valence-electron chi connectivity index (χ2n) is 8.86. The monoisotopic (exact) mass is 409 g/mol. The Bertz CT molecular complexity index is 902. The molecule has 1 atom stereocenters. The normalized spacial score (nSPS) is 17.1. The van der Waals surface area contributed by atoms with Crippen molar-refractivity contribution in [1.29, 1.82) is 0 Å². The van der Waals surface area contributed by atoms with Crippen LogP contribution in [-0.4, -0.2) is 40.6 Å². The van der Waals surface area contributed by atoms with E-state index >= 15 is 0 Å². The summed E-state index contributed by atoms with van der Waals surface area (Å²) in [5.41, 5.74) is 1.72. The van der Waals surface area contributed by atoms with E-state index in [0.29, 0.717) is 18.2 Å². The van der Waals surface area contributed by atoms with Gasteiger partial charge in [-0.15, -0.1) is 0 Å². The number of carboxylic acids is 1. The third-order valence-electron chi connectivity index (χ3n) is 5.75. The van der Waals surface area contributed by atoms with Gasteiger partial charge in [0.1, 0.15) is 5.75 Å². The van der Waals surface area contributed by atoms with Gasteiger partial charge in [0.15, 0.2) is 5.60 Å². The lowest BCUT2D eigenvalue weighted by molar-refractivity contribution is -0.152. The lowest BCUT2D eigenvalue weighted by Gasteiger charge is -2.33. The van der Waals surface area contributed by atoms with E-state index in [9.17, 15) is 14.7 Å². The SMILES string of the molecule is CC(C)c1ccc(C(=O)N2CCCC(c3cccc(OC(C)(C)C(=O)O)c3)C2)cc1. The van der Waals surface area contributed by atoms with Crippen molar-refractivity contribution >= 4 is 11.9 Å². The minimum atomic E-state index is -1.30. The van der Waals surface area contributed by atoms with Gasteiger partial charge in [-0.05, 0) is 68.0 Å². The number of piperidine rings is 1. The Hall–Kier alpha value is -2.82. The zero-order valence-electron chi connectivity index (χ0n) is 18.2. The van der Waals surface area contributed by atoms with Gasteiger partial charge >= 0.3 is 5.97 Å². The summed E-state index contributed by atoms with van der Waals surface area (Å²) in [6.45, 7) is 8.75. The number of aliphatic carboxylic acids is 1. The van der Waals surface area contributed by atoms with E-state index in [1.165, 1.54) is 19.4 Å². The van der Waals surface area contributed by atoms with Gasteiger partial charge in [0, 0.05) is 24.6 Å². The van der Waals surface area contributed by atoms with E-state index in [0.717, 1.165) is 30.5 Å². The van der Waals surface area contributed by atoms with Crippen molar-refractivity contribution < 1.29 is 19.4 Å². The smallest absolute Gasteiger partial charge is 0.347 e. The highest BCUT2D eigenvalue weighted by atomic mass is 16.5. The molecule has 1 N–H and O–H groups in total. The highest BCUT2D eigenvalue weighted by molar-refractivity contribution is 5.94. The molecule has 2 aromatic carbocycles. The Morgan fingerprint density at radius 3 is 2.47 bits per heavy atom. The quantitative estimate of drug-likeness (QED) is 0.723. The number of amides is 1. The Balaban J connectivity index is 1.72. The van der Waals surface area contributed by atoms with Crippen LogP contribution >= 0.6 is 0 Å². The van der Waals surface area contributed by atoms with E-state index in [4.69, 9.17) is 4.74 Å². The number of carbonyl (C=O) groups excluding carboxylic acids is 1. The van der Waals surface area contributed by atoms with Gasteiger partial charge in [-0.2, -0.15) is 0 Å². The van der Waals surface area contributed by atoms with Gasteiger partial charge in [0.05, 0.1) is 0 Å². The van der Waals surface area contributed by atoms with Gasteiger partial charge in [0.25, 0.3) is 5.91 Å². The van der Waals surface area contributed by atoms with Crippen LogP contribution in [0.3, 0.4) is 0 Å². The van der Waals surface area contributed by atoms with Crippen molar-refractivity contribution in [2.75, 3.05) is 13.1 Å². The maximum absolute atomic E-state index is 13.0. The maximum Gasteiger partial charge on any atom is 0.347 e. The number of likely N-dealkylation sites (tertiary alicyclic amines) is 1. The Labute approximate surface area is 178 Å². The fraction of sp³-hybridized carbons (Fsp3) is 0.440. The number of carbonyl (C=O) groups is 2. The molecule has 1 aliphatic heterocycles. The molecule has 1 saturated heterocycles. The first kappa shape index (κ1) is 21.9. The molecule has 30 heavy (non-hydrogen) atoms. The Morgan fingerprint density at radius 2 is 1.83 bits per heavy atom. The molecular weight excluding hydrogens is 378 g/mol. The van der Waals surface area contributed by atoms with Crippen LogP contribution in [0.5, 0.6) is 5.75 Å². The summed E-state index contributed by atoms with van der Waals surface area (Å²) in [6, 6.07) is 15.5. The maximum atomic E-state index is 13.0. The van der Waals surface area contributed by atoms with Crippen LogP contribution in [0.15, 0.2) is 48.5 Å². The number of benzene rings is 2. The van der Waals surface area contributed by atoms with Crippen molar-refractivity contribution in [3.63, 3.8) is 0 Å². The molecule has 5 heteroatoms. The molecule has 1 aliphatic rings. The zero-order valence-corrected chi connectivity index (χ0v) is 18.2. The molecule has 0 radical (unpaired) electrons. The highest BCUT2D eigenvalue weighted by Gasteiger charge is 2.30. The Morgan fingerprint density at radius 1 is 1.13 bits per heavy atom. The molecule has 0 aromatic heterocycles. The molecule has 0 aliphatic carbocycles. The molecule has 3 rings (SSSR count). The predicted molar refractivity (Wildman–Crippen MR) is 117 cm³/mol. The lowest BCUT2D eigenvalue weighted by atomic mass is 9.90. The predicted octanol–water partition coefficient (Wildman–Crippen LogP) is 5.07. The molecular formula is C25H31NO4. The van der Waals surface area contributed by atoms with E-state index in [1.807, 2.05) is 47.4 Å². The van der Waals surface area contributed by atoms with E-state index < -0.39 is 11.6 Å². The van der Waals surface area contributed by atoms with Gasteiger partial charge in [-0.25, -0.2) is 4.79 Å². The van der Waals surface area contributed by atoms with Crippen molar-refractivity contribution in [3.8, 4) is 5.75 Å². The van der Waals surface area contributed by atoms with Crippen LogP contribution in [0.4, 0.5) is 0 Å². The number of hydrogen-bond acceptors (Lipinski definition) is 3. The molecule has 1 amide bonds. The van der Waals surface area contributed by atoms with Crippen LogP contribution < -0.4 is 4.74 Å². The van der Waals surface area contributed by atoms with Gasteiger partial charge in [-0.1, -0.05) is 38.1 Å². The van der Waals surface area contributed by atoms with E-state index in [2.05, 4.69) is 13.8 Å². The van der Waals surface area contributed by atoms with Crippen LogP contribution in [0.1, 0.15) is 73.9 Å². The minimum Gasteiger partial charge on any atom is -0.478 e. The van der Waals surface area contributed by atoms with Crippen molar-refractivity contribution in [2.45, 2.75) is 58.0 Å². The topological polar surface area (TPSA) is 66.8 Å². The molecule has 1 unspecified atom stereocenters. The van der Waals surface area contributed by atoms with Crippen molar-refractivity contribution in [2.24, 2.45) is 0 Å². The standard InChI is InChI=1S/C25H31NO4/c1-17(2)18-10-12-19(13-11-18)23(27)26-14-6-8-21(16-26)20-7-5-9-22(15-20)30-25(3,4)24(28)29/h5,7,9-13,15,17,21H,6,8,14,16H2,1-4H3,(H,28,29). The number of nitrogens with zero attached hydrogens (tertiary/aromatic N) is 1. The van der Waals surface area contributed by atoms with Crippen molar-refractivity contribution in [3.05, 3.63) is 65.2 Å². The van der Waals surface area contributed by atoms with Crippen LogP contribution in [0.2, 0.25) is 0 Å². The molecule has 5 nitrogen and oxygen atoms in total. The summed E-state index contributed by atoms with van der Waals surface area (Å²) in [5, 5.41) is 9.30. The number of hydrogen-bond donors (Lipinski definition) is 1. The highest BCUT2D eigenvalue weighted by Crippen LogP contribution is 2.31. The van der Waals surface area contributed by atoms with Crippen LogP contribution in [0.25, 0.3) is 0 Å². The van der Waals surface area contributed by atoms with Gasteiger partial charge in [0.2, 0.25) is 0 Å². The minimum absolute atomic E-state index is 0.0643. The second-order valence-corrected chi connectivity index (χ2v) is 8.86. The molecule has 0 bridgehead atoms. The van der Waals surface area contributed by atoms with Gasteiger partial charge < -0.3 is 14.7 Å². The van der Waals surface area contributed by atoms with Crippen LogP contribution in [-0.2, 0) is 4.79 Å². The molecule has 160 valence electrons.